The molecular weight excluding hydrogens is 324 g/mol. The van der Waals surface area contributed by atoms with E-state index in [9.17, 15) is 4.79 Å². The van der Waals surface area contributed by atoms with Gasteiger partial charge in [-0.3, -0.25) is 0 Å². The van der Waals surface area contributed by atoms with Crippen molar-refractivity contribution in [2.75, 3.05) is 7.11 Å². The zero-order valence-corrected chi connectivity index (χ0v) is 17.6. The lowest BCUT2D eigenvalue weighted by Crippen LogP contribution is -2.47. The lowest BCUT2D eigenvalue weighted by atomic mass is 9.59. The van der Waals surface area contributed by atoms with Gasteiger partial charge in [0.15, 0.2) is 0 Å². The maximum absolute atomic E-state index is 12.0. The SMILES string of the molecule is CC[C@@H](CC[C@@H](C)[C@H]1CC[C@H]2C3=CC(=O)O[C@@]3(OC)CC[C@]12C)C(C)C. The van der Waals surface area contributed by atoms with Gasteiger partial charge in [0, 0.05) is 25.2 Å². The molecule has 2 aliphatic carbocycles. The molecule has 0 saturated heterocycles. The standard InChI is InChI=1S/C23H38O3/c1-7-17(15(2)3)9-8-16(4)18-10-11-19-20-14-21(24)26-23(20,25-6)13-12-22(18,19)5/h14-19H,7-13H2,1-6H3/t16-,17+,18-,19+,22-,23+/m1/s1. The molecule has 3 aliphatic rings. The van der Waals surface area contributed by atoms with E-state index in [1.54, 1.807) is 13.2 Å². The Morgan fingerprint density at radius 1 is 1.23 bits per heavy atom. The van der Waals surface area contributed by atoms with Crippen LogP contribution in [0.1, 0.15) is 79.6 Å². The van der Waals surface area contributed by atoms with Gasteiger partial charge in [-0.05, 0) is 60.7 Å². The van der Waals surface area contributed by atoms with Crippen LogP contribution in [0.15, 0.2) is 11.6 Å². The van der Waals surface area contributed by atoms with Crippen molar-refractivity contribution in [3.05, 3.63) is 11.6 Å². The first-order chi connectivity index (χ1) is 12.3. The van der Waals surface area contributed by atoms with Gasteiger partial charge in [0.05, 0.1) is 0 Å². The summed E-state index contributed by atoms with van der Waals surface area (Å²) in [5, 5.41) is 0. The van der Waals surface area contributed by atoms with Crippen LogP contribution in [0.5, 0.6) is 0 Å². The van der Waals surface area contributed by atoms with Gasteiger partial charge in [-0.1, -0.05) is 47.5 Å². The van der Waals surface area contributed by atoms with Crippen LogP contribution in [0.4, 0.5) is 0 Å². The summed E-state index contributed by atoms with van der Waals surface area (Å²) in [5.41, 5.74) is 1.41. The largest absolute Gasteiger partial charge is 0.426 e. The van der Waals surface area contributed by atoms with E-state index in [4.69, 9.17) is 9.47 Å². The fourth-order valence-electron chi connectivity index (χ4n) is 6.50. The number of methoxy groups -OCH3 is 1. The van der Waals surface area contributed by atoms with Crippen molar-refractivity contribution in [2.45, 2.75) is 85.4 Å². The molecule has 0 unspecified atom stereocenters. The summed E-state index contributed by atoms with van der Waals surface area (Å²) in [6, 6.07) is 0. The van der Waals surface area contributed by atoms with Crippen LogP contribution in [0, 0.1) is 35.0 Å². The van der Waals surface area contributed by atoms with E-state index in [-0.39, 0.29) is 11.4 Å². The molecule has 3 rings (SSSR count). The van der Waals surface area contributed by atoms with Crippen molar-refractivity contribution in [3.8, 4) is 0 Å². The Morgan fingerprint density at radius 2 is 1.96 bits per heavy atom. The average Bonchev–Trinajstić information content (AvgIpc) is 3.11. The molecule has 2 saturated carbocycles. The molecule has 0 aromatic carbocycles. The number of hydrogen-bond donors (Lipinski definition) is 0. The first-order valence-corrected chi connectivity index (χ1v) is 10.8. The molecule has 1 heterocycles. The second kappa shape index (κ2) is 7.30. The number of hydrogen-bond acceptors (Lipinski definition) is 3. The highest BCUT2D eigenvalue weighted by Crippen LogP contribution is 2.63. The van der Waals surface area contributed by atoms with Crippen molar-refractivity contribution >= 4 is 5.97 Å². The second-order valence-corrected chi connectivity index (χ2v) is 9.69. The molecule has 0 N–H and O–H groups in total. The Morgan fingerprint density at radius 3 is 2.58 bits per heavy atom. The van der Waals surface area contributed by atoms with Crippen LogP contribution in [0.3, 0.4) is 0 Å². The maximum atomic E-state index is 12.0. The van der Waals surface area contributed by atoms with E-state index in [1.807, 2.05) is 0 Å². The van der Waals surface area contributed by atoms with Crippen molar-refractivity contribution in [3.63, 3.8) is 0 Å². The van der Waals surface area contributed by atoms with Gasteiger partial charge in [0.1, 0.15) is 0 Å². The lowest BCUT2D eigenvalue weighted by molar-refractivity contribution is -0.209. The summed E-state index contributed by atoms with van der Waals surface area (Å²) in [6.07, 6.45) is 10.0. The van der Waals surface area contributed by atoms with Crippen LogP contribution < -0.4 is 0 Å². The van der Waals surface area contributed by atoms with Gasteiger partial charge in [0.25, 0.3) is 0 Å². The number of fused-ring (bicyclic) bond motifs is 3. The quantitative estimate of drug-likeness (QED) is 0.542. The molecule has 1 aliphatic heterocycles. The van der Waals surface area contributed by atoms with E-state index in [1.165, 1.54) is 32.1 Å². The summed E-state index contributed by atoms with van der Waals surface area (Å²) < 4.78 is 11.3. The predicted octanol–water partition coefficient (Wildman–Crippen LogP) is 5.74. The van der Waals surface area contributed by atoms with E-state index in [0.717, 1.165) is 42.1 Å². The fourth-order valence-corrected chi connectivity index (χ4v) is 6.50. The Bertz CT molecular complexity index is 566. The van der Waals surface area contributed by atoms with Crippen LogP contribution in [0.2, 0.25) is 0 Å². The minimum atomic E-state index is -0.760. The topological polar surface area (TPSA) is 35.5 Å². The molecule has 0 amide bonds. The van der Waals surface area contributed by atoms with Crippen LogP contribution in [0.25, 0.3) is 0 Å². The molecule has 148 valence electrons. The molecule has 0 bridgehead atoms. The molecule has 3 nitrogen and oxygen atoms in total. The monoisotopic (exact) mass is 362 g/mol. The minimum Gasteiger partial charge on any atom is -0.426 e. The maximum Gasteiger partial charge on any atom is 0.333 e. The van der Waals surface area contributed by atoms with E-state index >= 15 is 0 Å². The molecule has 0 spiro atoms. The smallest absolute Gasteiger partial charge is 0.333 e. The molecule has 2 fully saturated rings. The second-order valence-electron chi connectivity index (χ2n) is 9.69. The molecule has 0 aromatic rings. The molecule has 3 heteroatoms. The third-order valence-corrected chi connectivity index (χ3v) is 8.23. The number of carbonyl (C=O) groups excluding carboxylic acids is 1. The number of carbonyl (C=O) groups is 1. The van der Waals surface area contributed by atoms with E-state index in [0.29, 0.717) is 5.92 Å². The van der Waals surface area contributed by atoms with Gasteiger partial charge in [-0.2, -0.15) is 0 Å². The number of ether oxygens (including phenoxy) is 2. The lowest BCUT2D eigenvalue weighted by Gasteiger charge is -2.48. The average molecular weight is 363 g/mol. The van der Waals surface area contributed by atoms with E-state index < -0.39 is 5.79 Å². The Kier molecular flexibility index (Phi) is 5.59. The van der Waals surface area contributed by atoms with Crippen molar-refractivity contribution < 1.29 is 14.3 Å². The molecule has 0 aromatic heterocycles. The zero-order valence-electron chi connectivity index (χ0n) is 17.6. The Balaban J connectivity index is 1.73. The van der Waals surface area contributed by atoms with Crippen molar-refractivity contribution in [1.29, 1.82) is 0 Å². The highest BCUT2D eigenvalue weighted by Gasteiger charge is 2.60. The Labute approximate surface area is 159 Å². The predicted molar refractivity (Wildman–Crippen MR) is 104 cm³/mol. The van der Waals surface area contributed by atoms with E-state index in [2.05, 4.69) is 34.6 Å². The third-order valence-electron chi connectivity index (χ3n) is 8.23. The van der Waals surface area contributed by atoms with Gasteiger partial charge < -0.3 is 9.47 Å². The van der Waals surface area contributed by atoms with Gasteiger partial charge >= 0.3 is 5.97 Å². The van der Waals surface area contributed by atoms with Gasteiger partial charge in [0.2, 0.25) is 5.79 Å². The first-order valence-electron chi connectivity index (χ1n) is 10.8. The summed E-state index contributed by atoms with van der Waals surface area (Å²) in [5.74, 6) is 2.56. The molecule has 6 atom stereocenters. The van der Waals surface area contributed by atoms with Crippen LogP contribution in [-0.2, 0) is 14.3 Å². The summed E-state index contributed by atoms with van der Waals surface area (Å²) in [7, 11) is 1.68. The number of esters is 1. The normalized spacial score (nSPS) is 38.6. The summed E-state index contributed by atoms with van der Waals surface area (Å²) >= 11 is 0. The molecular formula is C23H38O3. The van der Waals surface area contributed by atoms with Gasteiger partial charge in [-0.25, -0.2) is 4.79 Å². The highest BCUT2D eigenvalue weighted by atomic mass is 16.7. The molecule has 0 radical (unpaired) electrons. The third kappa shape index (κ3) is 3.15. The fraction of sp³-hybridized carbons (Fsp3) is 0.870. The minimum absolute atomic E-state index is 0.217. The molecule has 26 heavy (non-hydrogen) atoms. The first kappa shape index (κ1) is 19.9. The summed E-state index contributed by atoms with van der Waals surface area (Å²) in [6.45, 7) is 12.0. The van der Waals surface area contributed by atoms with Crippen molar-refractivity contribution in [2.24, 2.45) is 35.0 Å². The Hall–Kier alpha value is -0.830. The zero-order chi connectivity index (χ0) is 19.1. The number of rotatable bonds is 7. The summed E-state index contributed by atoms with van der Waals surface area (Å²) in [4.78, 5) is 12.0. The van der Waals surface area contributed by atoms with Crippen molar-refractivity contribution in [1.82, 2.24) is 0 Å². The highest BCUT2D eigenvalue weighted by molar-refractivity contribution is 5.86. The van der Waals surface area contributed by atoms with Crippen LogP contribution in [-0.4, -0.2) is 18.9 Å². The van der Waals surface area contributed by atoms with Gasteiger partial charge in [-0.15, -0.1) is 0 Å². The van der Waals surface area contributed by atoms with Crippen LogP contribution >= 0.6 is 0 Å².